The number of esters is 1. The first-order valence-corrected chi connectivity index (χ1v) is 13.0. The van der Waals surface area contributed by atoms with E-state index < -0.39 is 36.7 Å². The molecule has 1 aliphatic rings. The molecule has 0 amide bonds. The fourth-order valence-corrected chi connectivity index (χ4v) is 4.42. The van der Waals surface area contributed by atoms with Gasteiger partial charge in [-0.1, -0.05) is 91.0 Å². The maximum absolute atomic E-state index is 12.1. The van der Waals surface area contributed by atoms with Crippen molar-refractivity contribution in [2.75, 3.05) is 13.2 Å². The van der Waals surface area contributed by atoms with E-state index in [1.807, 2.05) is 97.9 Å². The minimum absolute atomic E-state index is 0.246. The van der Waals surface area contributed by atoms with Crippen LogP contribution in [0.5, 0.6) is 0 Å². The van der Waals surface area contributed by atoms with Crippen LogP contribution in [0.15, 0.2) is 91.0 Å². The number of ether oxygens (including phenoxy) is 6. The van der Waals surface area contributed by atoms with Gasteiger partial charge in [0.15, 0.2) is 12.4 Å². The molecule has 0 N–H and O–H groups in total. The quantitative estimate of drug-likeness (QED) is 0.292. The smallest absolute Gasteiger partial charge is 0.303 e. The van der Waals surface area contributed by atoms with Gasteiger partial charge in [0, 0.05) is 13.5 Å². The average molecular weight is 521 g/mol. The zero-order chi connectivity index (χ0) is 26.6. The van der Waals surface area contributed by atoms with Gasteiger partial charge < -0.3 is 28.4 Å². The van der Waals surface area contributed by atoms with Gasteiger partial charge in [-0.25, -0.2) is 0 Å². The van der Waals surface area contributed by atoms with E-state index in [0.29, 0.717) is 26.4 Å². The maximum atomic E-state index is 12.1. The van der Waals surface area contributed by atoms with E-state index in [-0.39, 0.29) is 6.61 Å². The van der Waals surface area contributed by atoms with E-state index in [9.17, 15) is 4.79 Å². The van der Waals surface area contributed by atoms with Crippen LogP contribution < -0.4 is 0 Å². The van der Waals surface area contributed by atoms with Gasteiger partial charge in [0.25, 0.3) is 0 Å². The van der Waals surface area contributed by atoms with Crippen LogP contribution >= 0.6 is 0 Å². The standard InChI is InChI=1S/C31H36O7/c1-3-34-31-30(37-23(2)32)29(36-21-26-17-11-6-12-18-26)28(35-20-25-15-9-5-10-16-25)27(38-31)22-33-19-24-13-7-4-8-14-24/h4-18,27-31H,3,19-22H2,1-2H3/t27-,28-,29+,30-,31-/m1/s1. The van der Waals surface area contributed by atoms with Crippen molar-refractivity contribution >= 4 is 5.97 Å². The minimum atomic E-state index is -0.827. The molecule has 0 radical (unpaired) electrons. The van der Waals surface area contributed by atoms with Crippen molar-refractivity contribution in [1.82, 2.24) is 0 Å². The van der Waals surface area contributed by atoms with Gasteiger partial charge in [0.1, 0.15) is 18.3 Å². The van der Waals surface area contributed by atoms with Crippen LogP contribution in [0.1, 0.15) is 30.5 Å². The van der Waals surface area contributed by atoms with Crippen LogP contribution in [0.4, 0.5) is 0 Å². The van der Waals surface area contributed by atoms with Crippen molar-refractivity contribution in [3.63, 3.8) is 0 Å². The third kappa shape index (κ3) is 8.21. The van der Waals surface area contributed by atoms with Gasteiger partial charge in [-0.3, -0.25) is 4.79 Å². The Morgan fingerprint density at radius 3 is 1.68 bits per heavy atom. The molecule has 0 unspecified atom stereocenters. The first kappa shape index (κ1) is 28.0. The molecule has 0 aliphatic carbocycles. The summed E-state index contributed by atoms with van der Waals surface area (Å²) >= 11 is 0. The summed E-state index contributed by atoms with van der Waals surface area (Å²) in [5.74, 6) is -0.447. The molecule has 0 saturated carbocycles. The summed E-state index contributed by atoms with van der Waals surface area (Å²) in [6.07, 6.45) is -3.41. The number of hydrogen-bond acceptors (Lipinski definition) is 7. The van der Waals surface area contributed by atoms with E-state index in [1.165, 1.54) is 6.92 Å². The van der Waals surface area contributed by atoms with Crippen LogP contribution in [0.25, 0.3) is 0 Å². The Balaban J connectivity index is 1.58. The molecule has 7 heteroatoms. The summed E-state index contributed by atoms with van der Waals surface area (Å²) in [6, 6.07) is 29.7. The predicted molar refractivity (Wildman–Crippen MR) is 142 cm³/mol. The van der Waals surface area contributed by atoms with E-state index >= 15 is 0 Å². The summed E-state index contributed by atoms with van der Waals surface area (Å²) in [5, 5.41) is 0. The van der Waals surface area contributed by atoms with E-state index in [4.69, 9.17) is 28.4 Å². The summed E-state index contributed by atoms with van der Waals surface area (Å²) in [4.78, 5) is 12.1. The highest BCUT2D eigenvalue weighted by atomic mass is 16.7. The zero-order valence-corrected chi connectivity index (χ0v) is 21.9. The molecule has 38 heavy (non-hydrogen) atoms. The van der Waals surface area contributed by atoms with Gasteiger partial charge >= 0.3 is 5.97 Å². The molecule has 0 spiro atoms. The fourth-order valence-electron chi connectivity index (χ4n) is 4.42. The molecule has 0 bridgehead atoms. The van der Waals surface area contributed by atoms with Crippen LogP contribution in [-0.4, -0.2) is 49.9 Å². The Morgan fingerprint density at radius 1 is 0.684 bits per heavy atom. The number of rotatable bonds is 13. The fraction of sp³-hybridized carbons (Fsp3) is 0.387. The van der Waals surface area contributed by atoms with Crippen molar-refractivity contribution < 1.29 is 33.2 Å². The molecule has 4 rings (SSSR count). The van der Waals surface area contributed by atoms with E-state index in [1.54, 1.807) is 0 Å². The topological polar surface area (TPSA) is 72.5 Å². The molecule has 5 atom stereocenters. The van der Waals surface area contributed by atoms with Crippen molar-refractivity contribution in [2.45, 2.75) is 64.4 Å². The molecule has 0 aromatic heterocycles. The minimum Gasteiger partial charge on any atom is -0.454 e. The Labute approximate surface area is 224 Å². The molecule has 1 fully saturated rings. The van der Waals surface area contributed by atoms with E-state index in [0.717, 1.165) is 16.7 Å². The van der Waals surface area contributed by atoms with Crippen molar-refractivity contribution in [1.29, 1.82) is 0 Å². The second-order valence-corrected chi connectivity index (χ2v) is 9.10. The molecule has 1 aliphatic heterocycles. The molecule has 1 heterocycles. The lowest BCUT2D eigenvalue weighted by atomic mass is 9.98. The van der Waals surface area contributed by atoms with Gasteiger partial charge in [0.05, 0.1) is 26.4 Å². The van der Waals surface area contributed by atoms with Crippen LogP contribution in [0, 0.1) is 0 Å². The van der Waals surface area contributed by atoms with Gasteiger partial charge in [0.2, 0.25) is 0 Å². The molecule has 202 valence electrons. The summed E-state index contributed by atoms with van der Waals surface area (Å²) in [5.41, 5.74) is 3.06. The van der Waals surface area contributed by atoms with E-state index in [2.05, 4.69) is 0 Å². The Morgan fingerprint density at radius 2 is 1.18 bits per heavy atom. The Bertz CT molecular complexity index is 1080. The van der Waals surface area contributed by atoms with Crippen LogP contribution in [-0.2, 0) is 53.0 Å². The molecule has 3 aromatic carbocycles. The largest absolute Gasteiger partial charge is 0.454 e. The van der Waals surface area contributed by atoms with Crippen LogP contribution in [0.3, 0.4) is 0 Å². The van der Waals surface area contributed by atoms with Gasteiger partial charge in [-0.05, 0) is 23.6 Å². The number of benzene rings is 3. The average Bonchev–Trinajstić information content (AvgIpc) is 2.94. The lowest BCUT2D eigenvalue weighted by Gasteiger charge is -2.45. The number of carbonyl (C=O) groups excluding carboxylic acids is 1. The highest BCUT2D eigenvalue weighted by Crippen LogP contribution is 2.31. The Kier molecular flexibility index (Phi) is 10.9. The summed E-state index contributed by atoms with van der Waals surface area (Å²) in [7, 11) is 0. The number of carbonyl (C=O) groups is 1. The molecular formula is C31H36O7. The lowest BCUT2D eigenvalue weighted by molar-refractivity contribution is -0.320. The maximum Gasteiger partial charge on any atom is 0.303 e. The molecular weight excluding hydrogens is 484 g/mol. The third-order valence-corrected chi connectivity index (χ3v) is 6.19. The molecule has 3 aromatic rings. The predicted octanol–water partition coefficient (Wildman–Crippen LogP) is 5.07. The van der Waals surface area contributed by atoms with Crippen molar-refractivity contribution in [3.05, 3.63) is 108 Å². The third-order valence-electron chi connectivity index (χ3n) is 6.19. The number of hydrogen-bond donors (Lipinski definition) is 0. The van der Waals surface area contributed by atoms with Crippen molar-refractivity contribution in [2.24, 2.45) is 0 Å². The second-order valence-electron chi connectivity index (χ2n) is 9.10. The van der Waals surface area contributed by atoms with Crippen molar-refractivity contribution in [3.8, 4) is 0 Å². The van der Waals surface area contributed by atoms with Gasteiger partial charge in [-0.2, -0.15) is 0 Å². The highest BCUT2D eigenvalue weighted by molar-refractivity contribution is 5.66. The highest BCUT2D eigenvalue weighted by Gasteiger charge is 2.50. The normalized spacial score (nSPS) is 23.2. The Hall–Kier alpha value is -3.07. The summed E-state index contributed by atoms with van der Waals surface area (Å²) < 4.78 is 36.9. The monoisotopic (exact) mass is 520 g/mol. The molecule has 1 saturated heterocycles. The van der Waals surface area contributed by atoms with Gasteiger partial charge in [-0.15, -0.1) is 0 Å². The molecule has 7 nitrogen and oxygen atoms in total. The van der Waals surface area contributed by atoms with Crippen LogP contribution in [0.2, 0.25) is 0 Å². The SMILES string of the molecule is CCO[C@@H]1O[C@H](COCc2ccccc2)[C@@H](OCc2ccccc2)[C@H](OCc2ccccc2)[C@H]1OC(C)=O. The zero-order valence-electron chi connectivity index (χ0n) is 21.9. The first-order valence-electron chi connectivity index (χ1n) is 13.0. The lowest BCUT2D eigenvalue weighted by Crippen LogP contribution is -2.62. The second kappa shape index (κ2) is 14.8. The summed E-state index contributed by atoms with van der Waals surface area (Å²) in [6.45, 7) is 4.93. The first-order chi connectivity index (χ1) is 18.6.